The zero-order valence-corrected chi connectivity index (χ0v) is 12.5. The van der Waals surface area contributed by atoms with E-state index >= 15 is 0 Å². The number of rotatable bonds is 3. The zero-order valence-electron chi connectivity index (χ0n) is 11.7. The Labute approximate surface area is 129 Å². The Hall–Kier alpha value is -1.49. The molecule has 0 saturated carbocycles. The van der Waals surface area contributed by atoms with Gasteiger partial charge in [-0.2, -0.15) is 0 Å². The Balaban J connectivity index is 1.64. The molecule has 5 heteroatoms. The third kappa shape index (κ3) is 3.23. The number of hydrogen-bond acceptors (Lipinski definition) is 4. The van der Waals surface area contributed by atoms with Crippen LogP contribution in [-0.2, 0) is 12.1 Å². The molecule has 0 spiro atoms. The van der Waals surface area contributed by atoms with Crippen LogP contribution < -0.4 is 0 Å². The summed E-state index contributed by atoms with van der Waals surface area (Å²) in [6.45, 7) is 2.40. The van der Waals surface area contributed by atoms with E-state index in [2.05, 4.69) is 14.9 Å². The van der Waals surface area contributed by atoms with Gasteiger partial charge in [0.25, 0.3) is 0 Å². The Morgan fingerprint density at radius 3 is 2.67 bits per heavy atom. The molecule has 1 fully saturated rings. The number of piperidine rings is 1. The first kappa shape index (κ1) is 14.4. The SMILES string of the molecule is OC1(c2ccccn2)CCN(Cc2cnccc2Cl)CC1. The van der Waals surface area contributed by atoms with E-state index in [0.717, 1.165) is 35.9 Å². The van der Waals surface area contributed by atoms with E-state index < -0.39 is 5.60 Å². The topological polar surface area (TPSA) is 49.3 Å². The van der Waals surface area contributed by atoms with Gasteiger partial charge in [0, 0.05) is 48.8 Å². The number of pyridine rings is 2. The Bertz CT molecular complexity index is 597. The van der Waals surface area contributed by atoms with Crippen molar-refractivity contribution in [3.8, 4) is 0 Å². The molecule has 2 aromatic rings. The van der Waals surface area contributed by atoms with E-state index in [1.165, 1.54) is 0 Å². The maximum Gasteiger partial charge on any atom is 0.109 e. The van der Waals surface area contributed by atoms with Crippen molar-refractivity contribution in [2.75, 3.05) is 13.1 Å². The third-order valence-electron chi connectivity index (χ3n) is 4.06. The summed E-state index contributed by atoms with van der Waals surface area (Å²) in [5.41, 5.74) is 0.989. The Kier molecular flexibility index (Phi) is 4.19. The van der Waals surface area contributed by atoms with E-state index in [4.69, 9.17) is 11.6 Å². The van der Waals surface area contributed by atoms with Crippen molar-refractivity contribution >= 4 is 11.6 Å². The fourth-order valence-electron chi connectivity index (χ4n) is 2.74. The minimum atomic E-state index is -0.809. The summed E-state index contributed by atoms with van der Waals surface area (Å²) in [5, 5.41) is 11.5. The largest absolute Gasteiger partial charge is 0.383 e. The standard InChI is InChI=1S/C16H18ClN3O/c17-14-4-8-18-11-13(14)12-20-9-5-16(21,6-10-20)15-3-1-2-7-19-15/h1-4,7-8,11,21H,5-6,9-10,12H2. The monoisotopic (exact) mass is 303 g/mol. The first-order valence-electron chi connectivity index (χ1n) is 7.12. The molecular weight excluding hydrogens is 286 g/mol. The lowest BCUT2D eigenvalue weighted by Gasteiger charge is -2.37. The van der Waals surface area contributed by atoms with E-state index in [1.54, 1.807) is 12.4 Å². The highest BCUT2D eigenvalue weighted by Gasteiger charge is 2.35. The van der Waals surface area contributed by atoms with Gasteiger partial charge in [-0.1, -0.05) is 17.7 Å². The Morgan fingerprint density at radius 2 is 2.00 bits per heavy atom. The summed E-state index contributed by atoms with van der Waals surface area (Å²) in [5.74, 6) is 0. The molecule has 0 bridgehead atoms. The van der Waals surface area contributed by atoms with Gasteiger partial charge in [0.2, 0.25) is 0 Å². The van der Waals surface area contributed by atoms with Gasteiger partial charge in [0.05, 0.1) is 5.69 Å². The van der Waals surface area contributed by atoms with Crippen molar-refractivity contribution < 1.29 is 5.11 Å². The third-order valence-corrected chi connectivity index (χ3v) is 4.43. The van der Waals surface area contributed by atoms with Gasteiger partial charge >= 0.3 is 0 Å². The molecule has 4 nitrogen and oxygen atoms in total. The minimum Gasteiger partial charge on any atom is -0.383 e. The van der Waals surface area contributed by atoms with Crippen LogP contribution in [0.15, 0.2) is 42.9 Å². The highest BCUT2D eigenvalue weighted by molar-refractivity contribution is 6.31. The fourth-order valence-corrected chi connectivity index (χ4v) is 2.91. The van der Waals surface area contributed by atoms with Crippen LogP contribution >= 0.6 is 11.6 Å². The summed E-state index contributed by atoms with van der Waals surface area (Å²) < 4.78 is 0. The molecule has 1 aliphatic rings. The van der Waals surface area contributed by atoms with E-state index in [1.807, 2.05) is 30.5 Å². The molecule has 0 atom stereocenters. The van der Waals surface area contributed by atoms with Crippen LogP contribution in [0.25, 0.3) is 0 Å². The lowest BCUT2D eigenvalue weighted by Crippen LogP contribution is -2.42. The first-order chi connectivity index (χ1) is 10.2. The zero-order chi connectivity index (χ0) is 14.7. The van der Waals surface area contributed by atoms with Gasteiger partial charge in [0.15, 0.2) is 0 Å². The molecule has 0 aromatic carbocycles. The average molecular weight is 304 g/mol. The lowest BCUT2D eigenvalue weighted by atomic mass is 9.87. The second-order valence-electron chi connectivity index (χ2n) is 5.49. The van der Waals surface area contributed by atoms with Gasteiger partial charge in [-0.05, 0) is 31.0 Å². The number of hydrogen-bond donors (Lipinski definition) is 1. The minimum absolute atomic E-state index is 0.682. The van der Waals surface area contributed by atoms with Gasteiger partial charge in [-0.3, -0.25) is 14.9 Å². The molecule has 1 aliphatic heterocycles. The van der Waals surface area contributed by atoms with Gasteiger partial charge in [-0.15, -0.1) is 0 Å². The summed E-state index contributed by atoms with van der Waals surface area (Å²) in [7, 11) is 0. The van der Waals surface area contributed by atoms with Crippen molar-refractivity contribution in [2.45, 2.75) is 25.0 Å². The maximum atomic E-state index is 10.8. The second-order valence-corrected chi connectivity index (χ2v) is 5.90. The lowest BCUT2D eigenvalue weighted by molar-refractivity contribution is -0.0311. The van der Waals surface area contributed by atoms with Crippen molar-refractivity contribution in [3.05, 3.63) is 59.1 Å². The van der Waals surface area contributed by atoms with Crippen LogP contribution in [-0.4, -0.2) is 33.1 Å². The van der Waals surface area contributed by atoms with Crippen LogP contribution in [0.4, 0.5) is 0 Å². The molecule has 0 amide bonds. The van der Waals surface area contributed by atoms with Crippen molar-refractivity contribution in [2.24, 2.45) is 0 Å². The van der Waals surface area contributed by atoms with E-state index in [-0.39, 0.29) is 0 Å². The molecule has 1 N–H and O–H groups in total. The highest BCUT2D eigenvalue weighted by atomic mass is 35.5. The van der Waals surface area contributed by atoms with Crippen molar-refractivity contribution in [1.82, 2.24) is 14.9 Å². The Morgan fingerprint density at radius 1 is 1.19 bits per heavy atom. The first-order valence-corrected chi connectivity index (χ1v) is 7.50. The van der Waals surface area contributed by atoms with Crippen LogP contribution in [0.2, 0.25) is 5.02 Å². The van der Waals surface area contributed by atoms with Crippen LogP contribution in [0.5, 0.6) is 0 Å². The maximum absolute atomic E-state index is 10.8. The van der Waals surface area contributed by atoms with Crippen LogP contribution in [0.1, 0.15) is 24.1 Å². The smallest absolute Gasteiger partial charge is 0.109 e. The molecule has 3 rings (SSSR count). The second kappa shape index (κ2) is 6.10. The van der Waals surface area contributed by atoms with Crippen molar-refractivity contribution in [1.29, 1.82) is 0 Å². The highest BCUT2D eigenvalue weighted by Crippen LogP contribution is 2.32. The summed E-state index contributed by atoms with van der Waals surface area (Å²) in [6.07, 6.45) is 6.60. The van der Waals surface area contributed by atoms with Gasteiger partial charge in [0.1, 0.15) is 5.60 Å². The van der Waals surface area contributed by atoms with Gasteiger partial charge < -0.3 is 5.11 Å². The summed E-state index contributed by atoms with van der Waals surface area (Å²) in [4.78, 5) is 10.7. The van der Waals surface area contributed by atoms with Crippen molar-refractivity contribution in [3.63, 3.8) is 0 Å². The molecule has 3 heterocycles. The average Bonchev–Trinajstić information content (AvgIpc) is 2.53. The normalized spacial score (nSPS) is 18.6. The summed E-state index contributed by atoms with van der Waals surface area (Å²) in [6, 6.07) is 7.49. The number of likely N-dealkylation sites (tertiary alicyclic amines) is 1. The van der Waals surface area contributed by atoms with Crippen LogP contribution in [0, 0.1) is 0 Å². The van der Waals surface area contributed by atoms with Gasteiger partial charge in [-0.25, -0.2) is 0 Å². The predicted octanol–water partition coefficient (Wildman–Crippen LogP) is 2.61. The molecule has 2 aromatic heterocycles. The van der Waals surface area contributed by atoms with Crippen LogP contribution in [0.3, 0.4) is 0 Å². The molecule has 1 saturated heterocycles. The number of aromatic nitrogens is 2. The fraction of sp³-hybridized carbons (Fsp3) is 0.375. The molecular formula is C16H18ClN3O. The van der Waals surface area contributed by atoms with E-state index in [0.29, 0.717) is 12.8 Å². The molecule has 110 valence electrons. The number of aliphatic hydroxyl groups is 1. The quantitative estimate of drug-likeness (QED) is 0.947. The molecule has 0 unspecified atom stereocenters. The molecule has 0 radical (unpaired) electrons. The number of halogens is 1. The predicted molar refractivity (Wildman–Crippen MR) is 81.9 cm³/mol. The number of nitrogens with zero attached hydrogens (tertiary/aromatic N) is 3. The van der Waals surface area contributed by atoms with E-state index in [9.17, 15) is 5.11 Å². The summed E-state index contributed by atoms with van der Waals surface area (Å²) >= 11 is 6.17. The molecule has 21 heavy (non-hydrogen) atoms. The molecule has 0 aliphatic carbocycles.